The zero-order valence-corrected chi connectivity index (χ0v) is 12.7. The summed E-state index contributed by atoms with van der Waals surface area (Å²) >= 11 is 0. The smallest absolute Gasteiger partial charge is 0.330 e. The van der Waals surface area contributed by atoms with Crippen LogP contribution in [-0.4, -0.2) is 51.4 Å². The molecule has 1 rings (SSSR count). The summed E-state index contributed by atoms with van der Waals surface area (Å²) in [5.41, 5.74) is 0.654. The summed E-state index contributed by atoms with van der Waals surface area (Å²) in [4.78, 5) is 23.4. The molecule has 1 aromatic carbocycles. The van der Waals surface area contributed by atoms with Gasteiger partial charge in [-0.05, 0) is 24.6 Å². The normalized spacial score (nSPS) is 12.6. The van der Waals surface area contributed by atoms with Gasteiger partial charge >= 0.3 is 5.97 Å². The molecule has 21 heavy (non-hydrogen) atoms. The van der Waals surface area contributed by atoms with Gasteiger partial charge in [-0.2, -0.15) is 0 Å². The number of ether oxygens (including phenoxy) is 1. The Labute approximate surface area is 122 Å². The molecule has 8 heteroatoms. The number of hydrogen-bond donors (Lipinski definition) is 2. The quantitative estimate of drug-likeness (QED) is 0.720. The third kappa shape index (κ3) is 4.27. The number of carbonyl (C=O) groups is 2. The third-order valence-electron chi connectivity index (χ3n) is 2.86. The van der Waals surface area contributed by atoms with Crippen molar-refractivity contribution in [1.82, 2.24) is 5.32 Å². The zero-order valence-electron chi connectivity index (χ0n) is 11.9. The van der Waals surface area contributed by atoms with Crippen molar-refractivity contribution in [3.05, 3.63) is 29.3 Å². The number of rotatable bonds is 5. The summed E-state index contributed by atoms with van der Waals surface area (Å²) in [6.45, 7) is 1.01. The fraction of sp³-hybridized carbons (Fsp3) is 0.385. The molecule has 0 bridgehead atoms. The first-order valence-electron chi connectivity index (χ1n) is 6.01. The number of sulfone groups is 1. The van der Waals surface area contributed by atoms with Crippen LogP contribution < -0.4 is 5.32 Å². The molecule has 0 radical (unpaired) electrons. The highest BCUT2D eigenvalue weighted by Crippen LogP contribution is 2.15. The molecule has 1 unspecified atom stereocenters. The van der Waals surface area contributed by atoms with E-state index in [-0.39, 0.29) is 10.5 Å². The van der Waals surface area contributed by atoms with Crippen LogP contribution in [0.4, 0.5) is 0 Å². The van der Waals surface area contributed by atoms with Crippen LogP contribution in [0.1, 0.15) is 15.9 Å². The van der Waals surface area contributed by atoms with Crippen molar-refractivity contribution in [2.45, 2.75) is 17.9 Å². The fourth-order valence-electron chi connectivity index (χ4n) is 1.63. The van der Waals surface area contributed by atoms with Crippen molar-refractivity contribution < 1.29 is 27.9 Å². The van der Waals surface area contributed by atoms with Gasteiger partial charge in [-0.15, -0.1) is 0 Å². The van der Waals surface area contributed by atoms with E-state index in [1.807, 2.05) is 0 Å². The lowest BCUT2D eigenvalue weighted by atomic mass is 10.1. The van der Waals surface area contributed by atoms with Crippen LogP contribution in [0.5, 0.6) is 0 Å². The van der Waals surface area contributed by atoms with E-state index in [0.29, 0.717) is 5.56 Å². The second-order valence-corrected chi connectivity index (χ2v) is 6.50. The van der Waals surface area contributed by atoms with E-state index in [4.69, 9.17) is 5.11 Å². The molecule has 116 valence electrons. The number of carbonyl (C=O) groups excluding carboxylic acids is 2. The van der Waals surface area contributed by atoms with Crippen LogP contribution in [0.3, 0.4) is 0 Å². The molecule has 0 aliphatic rings. The van der Waals surface area contributed by atoms with Crippen molar-refractivity contribution in [1.29, 1.82) is 0 Å². The van der Waals surface area contributed by atoms with E-state index in [1.165, 1.54) is 18.2 Å². The maximum atomic E-state index is 12.1. The summed E-state index contributed by atoms with van der Waals surface area (Å²) in [5.74, 6) is -1.45. The Morgan fingerprint density at radius 1 is 1.38 bits per heavy atom. The molecule has 2 N–H and O–H groups in total. The van der Waals surface area contributed by atoms with E-state index in [0.717, 1.165) is 13.4 Å². The number of hydrogen-bond acceptors (Lipinski definition) is 6. The molecule has 0 saturated heterocycles. The molecular formula is C13H17NO6S. The van der Waals surface area contributed by atoms with Crippen LogP contribution in [0.2, 0.25) is 0 Å². The van der Waals surface area contributed by atoms with Crippen molar-refractivity contribution >= 4 is 21.7 Å². The molecular weight excluding hydrogens is 298 g/mol. The number of esters is 1. The van der Waals surface area contributed by atoms with E-state index in [1.54, 1.807) is 6.92 Å². The van der Waals surface area contributed by atoms with Crippen molar-refractivity contribution in [2.75, 3.05) is 20.0 Å². The standard InChI is InChI=1S/C13H17NO6S/c1-8-4-5-9(21(3,18)19)6-10(8)12(16)14-11(7-15)13(17)20-2/h4-6,11,15H,7H2,1-3H3,(H,14,16). The fourth-order valence-corrected chi connectivity index (χ4v) is 2.28. The minimum Gasteiger partial charge on any atom is -0.467 e. The SMILES string of the molecule is COC(=O)C(CO)NC(=O)c1cc(S(C)(=O)=O)ccc1C. The van der Waals surface area contributed by atoms with Gasteiger partial charge in [0.1, 0.15) is 0 Å². The Morgan fingerprint density at radius 3 is 2.48 bits per heavy atom. The topological polar surface area (TPSA) is 110 Å². The molecule has 0 aliphatic carbocycles. The lowest BCUT2D eigenvalue weighted by molar-refractivity contribution is -0.143. The maximum absolute atomic E-state index is 12.1. The van der Waals surface area contributed by atoms with Gasteiger partial charge in [0.15, 0.2) is 15.9 Å². The van der Waals surface area contributed by atoms with E-state index in [2.05, 4.69) is 10.1 Å². The molecule has 1 aromatic rings. The monoisotopic (exact) mass is 315 g/mol. The molecule has 0 spiro atoms. The van der Waals surface area contributed by atoms with Crippen molar-refractivity contribution in [3.8, 4) is 0 Å². The average molecular weight is 315 g/mol. The second kappa shape index (κ2) is 6.68. The first kappa shape index (κ1) is 17.1. The van der Waals surface area contributed by atoms with Crippen LogP contribution in [0.25, 0.3) is 0 Å². The highest BCUT2D eigenvalue weighted by Gasteiger charge is 2.22. The number of benzene rings is 1. The predicted octanol–water partition coefficient (Wildman–Crippen LogP) is -0.338. The van der Waals surface area contributed by atoms with Crippen LogP contribution in [-0.2, 0) is 19.4 Å². The van der Waals surface area contributed by atoms with Gasteiger partial charge in [0, 0.05) is 11.8 Å². The number of amides is 1. The summed E-state index contributed by atoms with van der Waals surface area (Å²) in [6.07, 6.45) is 1.03. The summed E-state index contributed by atoms with van der Waals surface area (Å²) in [5, 5.41) is 11.4. The Kier molecular flexibility index (Phi) is 5.45. The number of aliphatic hydroxyl groups excluding tert-OH is 1. The van der Waals surface area contributed by atoms with Crippen LogP contribution in [0.15, 0.2) is 23.1 Å². The Morgan fingerprint density at radius 2 is 2.00 bits per heavy atom. The van der Waals surface area contributed by atoms with Crippen molar-refractivity contribution in [2.24, 2.45) is 0 Å². The second-order valence-electron chi connectivity index (χ2n) is 4.48. The Bertz CT molecular complexity index is 653. The van der Waals surface area contributed by atoms with Crippen LogP contribution in [0, 0.1) is 6.92 Å². The van der Waals surface area contributed by atoms with Gasteiger partial charge < -0.3 is 15.2 Å². The number of nitrogens with one attached hydrogen (secondary N) is 1. The molecule has 1 amide bonds. The molecule has 0 aliphatic heterocycles. The summed E-state index contributed by atoms with van der Waals surface area (Å²) < 4.78 is 27.5. The van der Waals surface area contributed by atoms with Gasteiger partial charge in [-0.1, -0.05) is 6.07 Å². The van der Waals surface area contributed by atoms with E-state index in [9.17, 15) is 18.0 Å². The van der Waals surface area contributed by atoms with Crippen molar-refractivity contribution in [3.63, 3.8) is 0 Å². The molecule has 0 fully saturated rings. The minimum absolute atomic E-state index is 0.00290. The average Bonchev–Trinajstić information content (AvgIpc) is 2.42. The van der Waals surface area contributed by atoms with Gasteiger partial charge in [-0.3, -0.25) is 4.79 Å². The Balaban J connectivity index is 3.10. The molecule has 0 saturated carbocycles. The zero-order chi connectivity index (χ0) is 16.2. The summed E-state index contributed by atoms with van der Waals surface area (Å²) in [6, 6.07) is 2.91. The lowest BCUT2D eigenvalue weighted by Crippen LogP contribution is -2.44. The van der Waals surface area contributed by atoms with Gasteiger partial charge in [-0.25, -0.2) is 13.2 Å². The maximum Gasteiger partial charge on any atom is 0.330 e. The number of methoxy groups -OCH3 is 1. The van der Waals surface area contributed by atoms with E-state index >= 15 is 0 Å². The highest BCUT2D eigenvalue weighted by atomic mass is 32.2. The first-order chi connectivity index (χ1) is 9.70. The minimum atomic E-state index is -3.45. The number of aryl methyl sites for hydroxylation is 1. The third-order valence-corrected chi connectivity index (χ3v) is 3.97. The van der Waals surface area contributed by atoms with Crippen LogP contribution >= 0.6 is 0 Å². The highest BCUT2D eigenvalue weighted by molar-refractivity contribution is 7.90. The number of aliphatic hydroxyl groups is 1. The molecule has 7 nitrogen and oxygen atoms in total. The van der Waals surface area contributed by atoms with E-state index < -0.39 is 34.4 Å². The molecule has 1 atom stereocenters. The van der Waals surface area contributed by atoms with Gasteiger partial charge in [0.2, 0.25) is 0 Å². The van der Waals surface area contributed by atoms with Gasteiger partial charge in [0.25, 0.3) is 5.91 Å². The Hall–Kier alpha value is -1.93. The largest absolute Gasteiger partial charge is 0.467 e. The molecule has 0 heterocycles. The molecule has 0 aromatic heterocycles. The lowest BCUT2D eigenvalue weighted by Gasteiger charge is -2.15. The first-order valence-corrected chi connectivity index (χ1v) is 7.90. The van der Waals surface area contributed by atoms with Gasteiger partial charge in [0.05, 0.1) is 18.6 Å². The predicted molar refractivity (Wildman–Crippen MR) is 74.6 cm³/mol. The summed E-state index contributed by atoms with van der Waals surface area (Å²) in [7, 11) is -2.32.